The first-order chi connectivity index (χ1) is 12.7. The number of amides is 3. The van der Waals surface area contributed by atoms with E-state index in [2.05, 4.69) is 21.1 Å². The molecule has 0 saturated carbocycles. The van der Waals surface area contributed by atoms with Gasteiger partial charge >= 0.3 is 12.1 Å². The van der Waals surface area contributed by atoms with Crippen LogP contribution >= 0.6 is 11.3 Å². The summed E-state index contributed by atoms with van der Waals surface area (Å²) >= 11 is 1.49. The van der Waals surface area contributed by atoms with Crippen LogP contribution in [0.5, 0.6) is 5.88 Å². The van der Waals surface area contributed by atoms with Crippen LogP contribution in [0.2, 0.25) is 0 Å². The zero-order chi connectivity index (χ0) is 18.2. The van der Waals surface area contributed by atoms with Crippen LogP contribution in [0.3, 0.4) is 0 Å². The lowest BCUT2D eigenvalue weighted by atomic mass is 10.3. The van der Waals surface area contributed by atoms with E-state index >= 15 is 0 Å². The van der Waals surface area contributed by atoms with E-state index in [1.165, 1.54) is 17.4 Å². The van der Waals surface area contributed by atoms with Gasteiger partial charge in [-0.2, -0.15) is 0 Å². The molecule has 0 aliphatic heterocycles. The fraction of sp³-hybridized carbons (Fsp3) is 0.118. The van der Waals surface area contributed by atoms with Crippen molar-refractivity contribution >= 4 is 29.1 Å². The van der Waals surface area contributed by atoms with Gasteiger partial charge in [0.2, 0.25) is 0 Å². The summed E-state index contributed by atoms with van der Waals surface area (Å²) in [5, 5.41) is 13.4. The third-order valence-electron chi connectivity index (χ3n) is 3.16. The average Bonchev–Trinajstić information content (AvgIpc) is 3.31. The Kier molecular flexibility index (Phi) is 5.84. The van der Waals surface area contributed by atoms with Gasteiger partial charge in [-0.15, -0.1) is 11.3 Å². The zero-order valence-electron chi connectivity index (χ0n) is 13.6. The smallest absolute Gasteiger partial charge is 0.388 e. The topological polar surface area (TPSA) is 105 Å². The van der Waals surface area contributed by atoms with Crippen molar-refractivity contribution < 1.29 is 18.8 Å². The van der Waals surface area contributed by atoms with Crippen molar-refractivity contribution in [2.24, 2.45) is 0 Å². The van der Waals surface area contributed by atoms with Gasteiger partial charge in [0, 0.05) is 18.8 Å². The Bertz CT molecular complexity index is 849. The fourth-order valence-electron chi connectivity index (χ4n) is 2.01. The monoisotopic (exact) mass is 372 g/mol. The molecule has 0 aliphatic rings. The number of thiophene rings is 1. The highest BCUT2D eigenvalue weighted by molar-refractivity contribution is 7.13. The van der Waals surface area contributed by atoms with Crippen molar-refractivity contribution in [2.75, 3.05) is 18.4 Å². The average molecular weight is 372 g/mol. The molecule has 0 unspecified atom stereocenters. The number of hydrogen-bond acceptors (Lipinski definition) is 6. The number of nitrogens with one attached hydrogen (secondary N) is 3. The van der Waals surface area contributed by atoms with Gasteiger partial charge in [-0.05, 0) is 28.7 Å². The minimum absolute atomic E-state index is 0.0701. The van der Waals surface area contributed by atoms with Crippen LogP contribution in [0.1, 0.15) is 0 Å². The van der Waals surface area contributed by atoms with Crippen LogP contribution in [0.25, 0.3) is 10.6 Å². The molecule has 3 aromatic rings. The fourth-order valence-corrected chi connectivity index (χ4v) is 2.68. The van der Waals surface area contributed by atoms with Crippen LogP contribution in [-0.4, -0.2) is 30.4 Å². The first-order valence-electron chi connectivity index (χ1n) is 7.77. The van der Waals surface area contributed by atoms with Crippen molar-refractivity contribution in [3.05, 3.63) is 53.9 Å². The number of carbonyl (C=O) groups is 2. The lowest BCUT2D eigenvalue weighted by molar-refractivity contribution is 0.195. The molecule has 0 bridgehead atoms. The number of nitrogens with zero attached hydrogens (tertiary/aromatic N) is 1. The molecular formula is C17H16N4O4S. The molecule has 3 rings (SSSR count). The minimum Gasteiger partial charge on any atom is -0.388 e. The van der Waals surface area contributed by atoms with Gasteiger partial charge in [-0.3, -0.25) is 0 Å². The Labute approximate surface area is 153 Å². The first kappa shape index (κ1) is 17.5. The maximum Gasteiger partial charge on any atom is 0.414 e. The second-order valence-electron chi connectivity index (χ2n) is 5.07. The van der Waals surface area contributed by atoms with Gasteiger partial charge < -0.3 is 25.2 Å². The Hall–Kier alpha value is -3.33. The molecule has 3 amide bonds. The largest absolute Gasteiger partial charge is 0.414 e. The summed E-state index contributed by atoms with van der Waals surface area (Å²) in [6, 6.07) is 14.0. The number of ether oxygens (including phenoxy) is 1. The third kappa shape index (κ3) is 5.08. The summed E-state index contributed by atoms with van der Waals surface area (Å²) in [7, 11) is 0. The normalized spacial score (nSPS) is 10.2. The molecule has 0 fully saturated rings. The molecule has 9 heteroatoms. The molecule has 0 aliphatic carbocycles. The second kappa shape index (κ2) is 8.67. The number of carbonyl (C=O) groups excluding carboxylic acids is 2. The van der Waals surface area contributed by atoms with E-state index in [-0.39, 0.29) is 25.0 Å². The van der Waals surface area contributed by atoms with Crippen molar-refractivity contribution in [2.45, 2.75) is 0 Å². The van der Waals surface area contributed by atoms with E-state index in [0.717, 1.165) is 4.88 Å². The molecule has 0 spiro atoms. The molecule has 134 valence electrons. The number of para-hydroxylation sites is 1. The number of hydrogen-bond donors (Lipinski definition) is 3. The summed E-state index contributed by atoms with van der Waals surface area (Å²) < 4.78 is 10.1. The first-order valence-corrected chi connectivity index (χ1v) is 8.65. The zero-order valence-corrected chi connectivity index (χ0v) is 14.4. The molecule has 3 N–H and O–H groups in total. The summed E-state index contributed by atoms with van der Waals surface area (Å²) in [6.07, 6.45) is -0.679. The molecule has 0 radical (unpaired) electrons. The molecule has 2 heterocycles. The highest BCUT2D eigenvalue weighted by Crippen LogP contribution is 2.27. The van der Waals surface area contributed by atoms with E-state index in [4.69, 9.17) is 9.26 Å². The number of rotatable bonds is 6. The molecule has 8 nitrogen and oxygen atoms in total. The number of urea groups is 1. The molecular weight excluding hydrogens is 356 g/mol. The standard InChI is InChI=1S/C17H16N4O4S/c22-16(20-12-5-2-1-3-6-12)18-8-9-19-17(23)24-15-11-13(25-21-15)14-7-4-10-26-14/h1-7,10-11H,8-9H2,(H,19,23)(H2,18,20,22). The van der Waals surface area contributed by atoms with Crippen molar-refractivity contribution in [1.82, 2.24) is 15.8 Å². The summed E-state index contributed by atoms with van der Waals surface area (Å²) in [6.45, 7) is 0.448. The van der Waals surface area contributed by atoms with Crippen molar-refractivity contribution in [3.8, 4) is 16.5 Å². The van der Waals surface area contributed by atoms with Crippen molar-refractivity contribution in [3.63, 3.8) is 0 Å². The van der Waals surface area contributed by atoms with Gasteiger partial charge in [0.1, 0.15) is 0 Å². The predicted octanol–water partition coefficient (Wildman–Crippen LogP) is 3.31. The highest BCUT2D eigenvalue weighted by atomic mass is 32.1. The van der Waals surface area contributed by atoms with E-state index in [9.17, 15) is 9.59 Å². The highest BCUT2D eigenvalue weighted by Gasteiger charge is 2.12. The summed E-state index contributed by atoms with van der Waals surface area (Å²) in [5.74, 6) is 0.600. The predicted molar refractivity (Wildman–Crippen MR) is 97.3 cm³/mol. The molecule has 0 atom stereocenters. The summed E-state index contributed by atoms with van der Waals surface area (Å²) in [5.41, 5.74) is 0.685. The van der Waals surface area contributed by atoms with E-state index in [1.807, 2.05) is 35.7 Å². The Morgan fingerprint density at radius 3 is 2.65 bits per heavy atom. The minimum atomic E-state index is -0.679. The van der Waals surface area contributed by atoms with Gasteiger partial charge in [0.05, 0.1) is 10.9 Å². The number of benzene rings is 1. The molecule has 1 aromatic carbocycles. The molecule has 0 saturated heterocycles. The van der Waals surface area contributed by atoms with Gasteiger partial charge in [-0.25, -0.2) is 9.59 Å². The van der Waals surface area contributed by atoms with Crippen LogP contribution in [0.4, 0.5) is 15.3 Å². The Morgan fingerprint density at radius 2 is 1.88 bits per heavy atom. The van der Waals surface area contributed by atoms with E-state index in [1.54, 1.807) is 12.1 Å². The Morgan fingerprint density at radius 1 is 1.08 bits per heavy atom. The van der Waals surface area contributed by atoms with Crippen molar-refractivity contribution in [1.29, 1.82) is 0 Å². The van der Waals surface area contributed by atoms with E-state index in [0.29, 0.717) is 11.4 Å². The molecule has 26 heavy (non-hydrogen) atoms. The third-order valence-corrected chi connectivity index (χ3v) is 4.05. The van der Waals surface area contributed by atoms with Crippen LogP contribution in [-0.2, 0) is 0 Å². The number of aromatic nitrogens is 1. The molecule has 2 aromatic heterocycles. The van der Waals surface area contributed by atoms with Crippen LogP contribution in [0.15, 0.2) is 58.4 Å². The van der Waals surface area contributed by atoms with Gasteiger partial charge in [0.25, 0.3) is 5.88 Å². The van der Waals surface area contributed by atoms with Crippen LogP contribution < -0.4 is 20.7 Å². The quantitative estimate of drug-likeness (QED) is 0.576. The summed E-state index contributed by atoms with van der Waals surface area (Å²) in [4.78, 5) is 24.3. The van der Waals surface area contributed by atoms with Gasteiger partial charge in [-0.1, -0.05) is 24.3 Å². The van der Waals surface area contributed by atoms with Gasteiger partial charge in [0.15, 0.2) is 5.76 Å². The number of anilines is 1. The maximum absolute atomic E-state index is 11.7. The lowest BCUT2D eigenvalue weighted by Gasteiger charge is -2.08. The van der Waals surface area contributed by atoms with E-state index < -0.39 is 6.09 Å². The maximum atomic E-state index is 11.7. The van der Waals surface area contributed by atoms with Crippen LogP contribution in [0, 0.1) is 0 Å². The lowest BCUT2D eigenvalue weighted by Crippen LogP contribution is -2.37. The Balaban J connectivity index is 1.35. The second-order valence-corrected chi connectivity index (χ2v) is 6.02. The SMILES string of the molecule is O=C(NCCNC(=O)Oc1cc(-c2cccs2)on1)Nc1ccccc1.